The fourth-order valence-corrected chi connectivity index (χ4v) is 1.04. The first kappa shape index (κ1) is 12.9. The molecular formula is C9H16FNO3. The van der Waals surface area contributed by atoms with Gasteiger partial charge in [0.2, 0.25) is 0 Å². The van der Waals surface area contributed by atoms with Gasteiger partial charge in [-0.15, -0.1) is 0 Å². The van der Waals surface area contributed by atoms with Crippen molar-refractivity contribution in [2.75, 3.05) is 13.3 Å². The van der Waals surface area contributed by atoms with E-state index in [2.05, 4.69) is 10.1 Å². The molecule has 0 radical (unpaired) electrons. The van der Waals surface area contributed by atoms with E-state index in [0.29, 0.717) is 0 Å². The highest BCUT2D eigenvalue weighted by Gasteiger charge is 2.20. The van der Waals surface area contributed by atoms with Gasteiger partial charge in [0.25, 0.3) is 0 Å². The van der Waals surface area contributed by atoms with Crippen LogP contribution >= 0.6 is 0 Å². The van der Waals surface area contributed by atoms with Crippen molar-refractivity contribution < 1.29 is 18.7 Å². The van der Waals surface area contributed by atoms with Gasteiger partial charge in [0.15, 0.2) is 5.78 Å². The normalized spacial score (nSPS) is 12.4. The number of rotatable bonds is 5. The maximum Gasteiger partial charge on any atom is 0.407 e. The van der Waals surface area contributed by atoms with Crippen molar-refractivity contribution in [1.29, 1.82) is 0 Å². The Morgan fingerprint density at radius 3 is 2.36 bits per heavy atom. The van der Waals surface area contributed by atoms with Crippen molar-refractivity contribution in [1.82, 2.24) is 5.32 Å². The van der Waals surface area contributed by atoms with Gasteiger partial charge in [-0.05, 0) is 12.8 Å². The summed E-state index contributed by atoms with van der Waals surface area (Å²) in [7, 11) is 0. The summed E-state index contributed by atoms with van der Waals surface area (Å²) in [6.07, 6.45) is -0.753. The molecule has 1 N–H and O–H groups in total. The van der Waals surface area contributed by atoms with Gasteiger partial charge in [-0.1, -0.05) is 13.8 Å². The van der Waals surface area contributed by atoms with E-state index in [1.165, 1.54) is 6.92 Å². The van der Waals surface area contributed by atoms with Crippen LogP contribution in [0.15, 0.2) is 0 Å². The average Bonchev–Trinajstić information content (AvgIpc) is 2.09. The Balaban J connectivity index is 4.04. The topological polar surface area (TPSA) is 55.4 Å². The summed E-state index contributed by atoms with van der Waals surface area (Å²) in [5, 5.41) is 2.37. The second kappa shape index (κ2) is 6.34. The maximum atomic E-state index is 11.6. The Morgan fingerprint density at radius 2 is 2.00 bits per heavy atom. The molecule has 5 heteroatoms. The molecule has 0 aromatic rings. The number of nitrogens with one attached hydrogen (secondary N) is 1. The number of carbonyl (C=O) groups excluding carboxylic acids is 2. The molecule has 0 spiro atoms. The molecule has 0 aliphatic rings. The fraction of sp³-hybridized carbons (Fsp3) is 0.778. The summed E-state index contributed by atoms with van der Waals surface area (Å²) in [5.41, 5.74) is 0. The molecule has 4 nitrogen and oxygen atoms in total. The Bertz CT molecular complexity index is 206. The second-order valence-electron chi connectivity index (χ2n) is 3.30. The van der Waals surface area contributed by atoms with Crippen LogP contribution in [0, 0.1) is 5.92 Å². The summed E-state index contributed by atoms with van der Waals surface area (Å²) in [6.45, 7) is 4.00. The molecule has 0 aromatic carbocycles. The Hall–Kier alpha value is -1.13. The van der Waals surface area contributed by atoms with E-state index < -0.39 is 18.8 Å². The number of Topliss-reactive ketones (excluding diaryl/α,β-unsaturated/α-hetero) is 1. The molecule has 0 bridgehead atoms. The van der Waals surface area contributed by atoms with E-state index in [0.717, 1.165) is 0 Å². The molecule has 0 aromatic heterocycles. The molecule has 14 heavy (non-hydrogen) atoms. The van der Waals surface area contributed by atoms with E-state index in [1.807, 2.05) is 13.8 Å². The van der Waals surface area contributed by atoms with Gasteiger partial charge in [0.1, 0.15) is 13.3 Å². The number of hydrogen-bond acceptors (Lipinski definition) is 3. The number of hydrogen-bond donors (Lipinski definition) is 1. The number of halogens is 1. The van der Waals surface area contributed by atoms with Gasteiger partial charge < -0.3 is 10.1 Å². The van der Waals surface area contributed by atoms with Crippen LogP contribution in [0.5, 0.6) is 0 Å². The summed E-state index contributed by atoms with van der Waals surface area (Å²) >= 11 is 0. The van der Waals surface area contributed by atoms with Crippen LogP contribution in [-0.2, 0) is 9.53 Å². The Kier molecular flexibility index (Phi) is 5.83. The quantitative estimate of drug-likeness (QED) is 0.735. The van der Waals surface area contributed by atoms with E-state index in [9.17, 15) is 14.0 Å². The number of carbonyl (C=O) groups is 2. The van der Waals surface area contributed by atoms with E-state index in [1.54, 1.807) is 0 Å². The molecule has 0 saturated carbocycles. The zero-order valence-electron chi connectivity index (χ0n) is 8.67. The molecule has 0 aliphatic carbocycles. The van der Waals surface area contributed by atoms with Crippen molar-refractivity contribution in [3.63, 3.8) is 0 Å². The lowest BCUT2D eigenvalue weighted by Gasteiger charge is -2.18. The standard InChI is InChI=1S/C9H16FNO3/c1-6(2)8(7(3)12)11-9(13)14-5-4-10/h6,8H,4-5H2,1-3H3,(H,11,13). The summed E-state index contributed by atoms with van der Waals surface area (Å²) in [6, 6.07) is -0.567. The largest absolute Gasteiger partial charge is 0.447 e. The lowest BCUT2D eigenvalue weighted by Crippen LogP contribution is -2.43. The van der Waals surface area contributed by atoms with Gasteiger partial charge in [0.05, 0.1) is 6.04 Å². The Labute approximate surface area is 82.8 Å². The third kappa shape index (κ3) is 4.79. The van der Waals surface area contributed by atoms with Gasteiger partial charge in [-0.25, -0.2) is 9.18 Å². The van der Waals surface area contributed by atoms with Crippen LogP contribution in [-0.4, -0.2) is 31.2 Å². The predicted octanol–water partition coefficient (Wildman–Crippen LogP) is 1.30. The van der Waals surface area contributed by atoms with Crippen LogP contribution < -0.4 is 5.32 Å². The number of alkyl carbamates (subject to hydrolysis) is 1. The first-order valence-corrected chi connectivity index (χ1v) is 4.48. The first-order chi connectivity index (χ1) is 6.49. The smallest absolute Gasteiger partial charge is 0.407 e. The molecule has 0 saturated heterocycles. The zero-order chi connectivity index (χ0) is 11.1. The van der Waals surface area contributed by atoms with Gasteiger partial charge in [-0.3, -0.25) is 4.79 Å². The van der Waals surface area contributed by atoms with Crippen molar-refractivity contribution >= 4 is 11.9 Å². The van der Waals surface area contributed by atoms with E-state index in [4.69, 9.17) is 0 Å². The highest BCUT2D eigenvalue weighted by molar-refractivity contribution is 5.85. The van der Waals surface area contributed by atoms with Crippen molar-refractivity contribution in [2.45, 2.75) is 26.8 Å². The molecule has 0 fully saturated rings. The molecule has 1 unspecified atom stereocenters. The van der Waals surface area contributed by atoms with Crippen LogP contribution in [0.3, 0.4) is 0 Å². The number of alkyl halides is 1. The number of ketones is 1. The minimum atomic E-state index is -0.753. The molecule has 0 aliphatic heterocycles. The molecule has 1 atom stereocenters. The van der Waals surface area contributed by atoms with Crippen molar-refractivity contribution in [3.05, 3.63) is 0 Å². The third-order valence-corrected chi connectivity index (χ3v) is 1.69. The molecule has 1 amide bonds. The van der Waals surface area contributed by atoms with Crippen LogP contribution in [0.2, 0.25) is 0 Å². The minimum absolute atomic E-state index is 0.00886. The van der Waals surface area contributed by atoms with Gasteiger partial charge in [0, 0.05) is 0 Å². The second-order valence-corrected chi connectivity index (χ2v) is 3.30. The third-order valence-electron chi connectivity index (χ3n) is 1.69. The average molecular weight is 205 g/mol. The monoisotopic (exact) mass is 205 g/mol. The summed E-state index contributed by atoms with van der Waals surface area (Å²) in [5.74, 6) is -0.150. The van der Waals surface area contributed by atoms with Crippen LogP contribution in [0.25, 0.3) is 0 Å². The Morgan fingerprint density at radius 1 is 1.43 bits per heavy atom. The predicted molar refractivity (Wildman–Crippen MR) is 49.8 cm³/mol. The van der Waals surface area contributed by atoms with Crippen LogP contribution in [0.1, 0.15) is 20.8 Å². The minimum Gasteiger partial charge on any atom is -0.447 e. The molecular weight excluding hydrogens is 189 g/mol. The highest BCUT2D eigenvalue weighted by atomic mass is 19.1. The number of ether oxygens (including phenoxy) is 1. The lowest BCUT2D eigenvalue weighted by molar-refractivity contribution is -0.119. The summed E-state index contributed by atoms with van der Waals surface area (Å²) < 4.78 is 16.1. The molecule has 82 valence electrons. The van der Waals surface area contributed by atoms with Crippen molar-refractivity contribution in [3.8, 4) is 0 Å². The van der Waals surface area contributed by atoms with Crippen molar-refractivity contribution in [2.24, 2.45) is 5.92 Å². The van der Waals surface area contributed by atoms with E-state index >= 15 is 0 Å². The highest BCUT2D eigenvalue weighted by Crippen LogP contribution is 2.02. The first-order valence-electron chi connectivity index (χ1n) is 4.48. The van der Waals surface area contributed by atoms with E-state index in [-0.39, 0.29) is 18.3 Å². The SMILES string of the molecule is CC(=O)C(NC(=O)OCCF)C(C)C. The maximum absolute atomic E-state index is 11.6. The number of amides is 1. The molecule has 0 heterocycles. The summed E-state index contributed by atoms with van der Waals surface area (Å²) in [4.78, 5) is 22.0. The van der Waals surface area contributed by atoms with Gasteiger partial charge >= 0.3 is 6.09 Å². The fourth-order valence-electron chi connectivity index (χ4n) is 1.04. The molecule has 0 rings (SSSR count). The van der Waals surface area contributed by atoms with Gasteiger partial charge in [-0.2, -0.15) is 0 Å². The zero-order valence-corrected chi connectivity index (χ0v) is 8.67. The van der Waals surface area contributed by atoms with Crippen LogP contribution in [0.4, 0.5) is 9.18 Å². The lowest BCUT2D eigenvalue weighted by atomic mass is 10.0.